The number of H-pyrrole nitrogens is 1. The highest BCUT2D eigenvalue weighted by Gasteiger charge is 2.19. The van der Waals surface area contributed by atoms with Crippen LogP contribution < -0.4 is 10.3 Å². The second-order valence-corrected chi connectivity index (χ2v) is 4.77. The van der Waals surface area contributed by atoms with Crippen LogP contribution in [0.5, 0.6) is 5.88 Å². The van der Waals surface area contributed by atoms with Crippen molar-refractivity contribution < 1.29 is 4.74 Å². The Morgan fingerprint density at radius 1 is 1.42 bits per heavy atom. The number of nitrogens with one attached hydrogen (secondary N) is 1. The highest BCUT2D eigenvalue weighted by Crippen LogP contribution is 2.30. The molecule has 1 N–H and O–H groups in total. The van der Waals surface area contributed by atoms with E-state index in [0.717, 1.165) is 17.0 Å². The third-order valence-corrected chi connectivity index (χ3v) is 2.95. The Kier molecular flexibility index (Phi) is 3.42. The van der Waals surface area contributed by atoms with Crippen molar-refractivity contribution in [1.82, 2.24) is 19.7 Å². The first-order valence-electron chi connectivity index (χ1n) is 6.13. The maximum absolute atomic E-state index is 11.7. The molecule has 0 aromatic carbocycles. The van der Waals surface area contributed by atoms with E-state index < -0.39 is 0 Å². The van der Waals surface area contributed by atoms with Crippen LogP contribution in [-0.4, -0.2) is 26.9 Å². The quantitative estimate of drug-likeness (QED) is 0.912. The van der Waals surface area contributed by atoms with Crippen LogP contribution in [0.3, 0.4) is 0 Å². The molecule has 0 spiro atoms. The lowest BCUT2D eigenvalue weighted by molar-refractivity contribution is 0.374. The van der Waals surface area contributed by atoms with E-state index in [2.05, 4.69) is 15.1 Å². The number of hydrogen-bond donors (Lipinski definition) is 1. The zero-order chi connectivity index (χ0) is 14.2. The Labute approximate surface area is 111 Å². The number of aromatic nitrogens is 4. The minimum absolute atomic E-state index is 0.168. The fourth-order valence-corrected chi connectivity index (χ4v) is 2.03. The van der Waals surface area contributed by atoms with Crippen molar-refractivity contribution in [3.05, 3.63) is 27.8 Å². The third-order valence-electron chi connectivity index (χ3n) is 2.95. The number of aryl methyl sites for hydroxylation is 2. The van der Waals surface area contributed by atoms with Gasteiger partial charge in [-0.15, -0.1) is 0 Å². The molecule has 0 radical (unpaired) electrons. The van der Waals surface area contributed by atoms with Crippen LogP contribution in [0.1, 0.15) is 31.2 Å². The van der Waals surface area contributed by atoms with E-state index in [0.29, 0.717) is 11.7 Å². The average Bonchev–Trinajstić information content (AvgIpc) is 2.62. The normalized spacial score (nSPS) is 11.1. The molecule has 0 aliphatic heterocycles. The number of methoxy groups -OCH3 is 1. The van der Waals surface area contributed by atoms with E-state index in [-0.39, 0.29) is 11.5 Å². The first-order chi connectivity index (χ1) is 8.93. The van der Waals surface area contributed by atoms with Crippen molar-refractivity contribution >= 4 is 0 Å². The summed E-state index contributed by atoms with van der Waals surface area (Å²) in [5.74, 6) is 1.27. The first kappa shape index (κ1) is 13.3. The zero-order valence-electron chi connectivity index (χ0n) is 11.8. The van der Waals surface area contributed by atoms with Crippen LogP contribution in [-0.2, 0) is 7.05 Å². The first-order valence-corrected chi connectivity index (χ1v) is 6.13. The molecular weight excluding hydrogens is 244 g/mol. The summed E-state index contributed by atoms with van der Waals surface area (Å²) in [6.45, 7) is 5.86. The molecule has 0 fully saturated rings. The van der Waals surface area contributed by atoms with Crippen molar-refractivity contribution in [1.29, 1.82) is 0 Å². The van der Waals surface area contributed by atoms with Crippen molar-refractivity contribution in [2.75, 3.05) is 7.11 Å². The van der Waals surface area contributed by atoms with E-state index in [4.69, 9.17) is 4.74 Å². The number of ether oxygens (including phenoxy) is 1. The van der Waals surface area contributed by atoms with Gasteiger partial charge in [0, 0.05) is 13.1 Å². The van der Waals surface area contributed by atoms with Gasteiger partial charge in [-0.25, -0.2) is 9.67 Å². The fraction of sp³-hybridized carbons (Fsp3) is 0.462. The molecular formula is C13H18N4O2. The molecule has 0 aliphatic carbocycles. The van der Waals surface area contributed by atoms with Gasteiger partial charge in [-0.05, 0) is 12.8 Å². The number of hydrogen-bond acceptors (Lipinski definition) is 4. The van der Waals surface area contributed by atoms with Gasteiger partial charge in [0.2, 0.25) is 5.88 Å². The molecule has 2 aromatic heterocycles. The Bertz CT molecular complexity index is 655. The molecule has 0 saturated carbocycles. The lowest BCUT2D eigenvalue weighted by Crippen LogP contribution is -2.11. The molecule has 0 unspecified atom stereocenters. The number of rotatable bonds is 3. The molecule has 2 heterocycles. The molecule has 102 valence electrons. The van der Waals surface area contributed by atoms with Crippen molar-refractivity contribution in [2.24, 2.45) is 7.05 Å². The minimum atomic E-state index is -0.168. The Morgan fingerprint density at radius 3 is 2.68 bits per heavy atom. The molecule has 0 aliphatic rings. The molecule has 6 nitrogen and oxygen atoms in total. The van der Waals surface area contributed by atoms with Crippen LogP contribution in [0.2, 0.25) is 0 Å². The Hall–Kier alpha value is -2.11. The standard InChI is InChI=1S/C13H18N4O2/c1-7(2)9-6-10(18)15-12(14-9)11-8(3)16-17(4)13(11)19-5/h6-7H,1-5H3,(H,14,15,18). The smallest absolute Gasteiger partial charge is 0.251 e. The molecule has 0 atom stereocenters. The van der Waals surface area contributed by atoms with Gasteiger partial charge in [0.05, 0.1) is 18.5 Å². The predicted octanol–water partition coefficient (Wildman–Crippen LogP) is 1.61. The zero-order valence-corrected chi connectivity index (χ0v) is 11.8. The SMILES string of the molecule is COc1c(-c2nc(C(C)C)cc(=O)[nH]2)c(C)nn1C. The summed E-state index contributed by atoms with van der Waals surface area (Å²) in [4.78, 5) is 19.0. The van der Waals surface area contributed by atoms with Crippen molar-refractivity contribution in [3.8, 4) is 17.3 Å². The third kappa shape index (κ3) is 2.38. The van der Waals surface area contributed by atoms with Crippen LogP contribution in [0, 0.1) is 6.92 Å². The summed E-state index contributed by atoms with van der Waals surface area (Å²) in [6.07, 6.45) is 0. The van der Waals surface area contributed by atoms with Gasteiger partial charge in [-0.2, -0.15) is 5.10 Å². The highest BCUT2D eigenvalue weighted by atomic mass is 16.5. The van der Waals surface area contributed by atoms with E-state index >= 15 is 0 Å². The van der Waals surface area contributed by atoms with E-state index in [1.807, 2.05) is 20.8 Å². The average molecular weight is 262 g/mol. The summed E-state index contributed by atoms with van der Waals surface area (Å²) >= 11 is 0. The van der Waals surface area contributed by atoms with E-state index in [1.54, 1.807) is 18.8 Å². The topological polar surface area (TPSA) is 72.8 Å². The van der Waals surface area contributed by atoms with Gasteiger partial charge in [-0.3, -0.25) is 4.79 Å². The highest BCUT2D eigenvalue weighted by molar-refractivity contribution is 5.64. The van der Waals surface area contributed by atoms with E-state index in [1.165, 1.54) is 6.07 Å². The predicted molar refractivity (Wildman–Crippen MR) is 72.4 cm³/mol. The molecule has 19 heavy (non-hydrogen) atoms. The molecule has 0 bridgehead atoms. The van der Waals surface area contributed by atoms with Crippen LogP contribution in [0.25, 0.3) is 11.4 Å². The minimum Gasteiger partial charge on any atom is -0.481 e. The molecule has 6 heteroatoms. The van der Waals surface area contributed by atoms with E-state index in [9.17, 15) is 4.79 Å². The lowest BCUT2D eigenvalue weighted by Gasteiger charge is -2.08. The second-order valence-electron chi connectivity index (χ2n) is 4.77. The van der Waals surface area contributed by atoms with Crippen molar-refractivity contribution in [2.45, 2.75) is 26.7 Å². The lowest BCUT2D eigenvalue weighted by atomic mass is 10.1. The largest absolute Gasteiger partial charge is 0.481 e. The summed E-state index contributed by atoms with van der Waals surface area (Å²) in [7, 11) is 3.37. The number of nitrogens with zero attached hydrogens (tertiary/aromatic N) is 3. The van der Waals surface area contributed by atoms with Gasteiger partial charge in [-0.1, -0.05) is 13.8 Å². The summed E-state index contributed by atoms with van der Waals surface area (Å²) in [5, 5.41) is 4.29. The van der Waals surface area contributed by atoms with Gasteiger partial charge in [0.25, 0.3) is 5.56 Å². The van der Waals surface area contributed by atoms with Crippen LogP contribution >= 0.6 is 0 Å². The van der Waals surface area contributed by atoms with Gasteiger partial charge >= 0.3 is 0 Å². The van der Waals surface area contributed by atoms with Crippen LogP contribution in [0.15, 0.2) is 10.9 Å². The maximum atomic E-state index is 11.7. The summed E-state index contributed by atoms with van der Waals surface area (Å²) < 4.78 is 6.96. The monoisotopic (exact) mass is 262 g/mol. The summed E-state index contributed by atoms with van der Waals surface area (Å²) in [5.41, 5.74) is 2.08. The molecule has 0 amide bonds. The molecule has 0 saturated heterocycles. The fourth-order valence-electron chi connectivity index (χ4n) is 2.03. The van der Waals surface area contributed by atoms with Gasteiger partial charge in [0.15, 0.2) is 0 Å². The van der Waals surface area contributed by atoms with Gasteiger partial charge in [0.1, 0.15) is 11.4 Å². The van der Waals surface area contributed by atoms with Gasteiger partial charge < -0.3 is 9.72 Å². The Morgan fingerprint density at radius 2 is 2.11 bits per heavy atom. The molecule has 2 aromatic rings. The maximum Gasteiger partial charge on any atom is 0.251 e. The van der Waals surface area contributed by atoms with Crippen LogP contribution in [0.4, 0.5) is 0 Å². The summed E-state index contributed by atoms with van der Waals surface area (Å²) in [6, 6.07) is 1.52. The van der Waals surface area contributed by atoms with Crippen molar-refractivity contribution in [3.63, 3.8) is 0 Å². The second kappa shape index (κ2) is 4.87. The molecule has 2 rings (SSSR count). The number of aromatic amines is 1. The Balaban J connectivity index is 2.68.